The Morgan fingerprint density at radius 2 is 2.00 bits per heavy atom. The molecule has 23 heavy (non-hydrogen) atoms. The van der Waals surface area contributed by atoms with Crippen molar-refractivity contribution in [3.05, 3.63) is 35.1 Å². The van der Waals surface area contributed by atoms with Gasteiger partial charge >= 0.3 is 0 Å². The van der Waals surface area contributed by atoms with Crippen LogP contribution < -0.4 is 15.0 Å². The molecule has 1 N–H and O–H groups in total. The van der Waals surface area contributed by atoms with Crippen molar-refractivity contribution >= 4 is 28.9 Å². The highest BCUT2D eigenvalue weighted by Crippen LogP contribution is 2.30. The van der Waals surface area contributed by atoms with E-state index in [9.17, 15) is 0 Å². The lowest BCUT2D eigenvalue weighted by molar-refractivity contribution is 0.122. The molecule has 2 aromatic rings. The summed E-state index contributed by atoms with van der Waals surface area (Å²) >= 11 is 6.07. The number of benzene rings is 1. The molecule has 122 valence electrons. The number of aromatic nitrogens is 2. The Hall–Kier alpha value is -2.05. The average molecular weight is 335 g/mol. The minimum absolute atomic E-state index is 0.632. The number of nitrogens with zero attached hydrogens (tertiary/aromatic N) is 3. The van der Waals surface area contributed by atoms with Crippen LogP contribution in [-0.4, -0.2) is 43.4 Å². The van der Waals surface area contributed by atoms with Crippen molar-refractivity contribution in [3.63, 3.8) is 0 Å². The number of methoxy groups -OCH3 is 1. The van der Waals surface area contributed by atoms with Crippen molar-refractivity contribution in [2.45, 2.75) is 6.92 Å². The SMILES string of the molecule is COc1ccc(Cl)cc1Nc1cc(N2CCOCC2)nc(C)n1. The van der Waals surface area contributed by atoms with Crippen LogP contribution in [0.3, 0.4) is 0 Å². The molecule has 1 fully saturated rings. The maximum atomic E-state index is 6.07. The largest absolute Gasteiger partial charge is 0.495 e. The highest BCUT2D eigenvalue weighted by molar-refractivity contribution is 6.31. The van der Waals surface area contributed by atoms with Gasteiger partial charge in [0.25, 0.3) is 0 Å². The summed E-state index contributed by atoms with van der Waals surface area (Å²) in [6.45, 7) is 4.97. The highest BCUT2D eigenvalue weighted by Gasteiger charge is 2.15. The van der Waals surface area contributed by atoms with E-state index in [0.717, 1.165) is 24.6 Å². The topological polar surface area (TPSA) is 59.5 Å². The van der Waals surface area contributed by atoms with Crippen molar-refractivity contribution in [1.82, 2.24) is 9.97 Å². The second-order valence-electron chi connectivity index (χ2n) is 5.23. The number of hydrogen-bond acceptors (Lipinski definition) is 6. The summed E-state index contributed by atoms with van der Waals surface area (Å²) in [6, 6.07) is 7.35. The summed E-state index contributed by atoms with van der Waals surface area (Å²) in [5.41, 5.74) is 0.769. The molecule has 6 nitrogen and oxygen atoms in total. The minimum atomic E-state index is 0.632. The van der Waals surface area contributed by atoms with E-state index >= 15 is 0 Å². The number of ether oxygens (including phenoxy) is 2. The van der Waals surface area contributed by atoms with Gasteiger partial charge < -0.3 is 19.7 Å². The minimum Gasteiger partial charge on any atom is -0.495 e. The molecule has 3 rings (SSSR count). The molecular weight excluding hydrogens is 316 g/mol. The van der Waals surface area contributed by atoms with Crippen LogP contribution in [-0.2, 0) is 4.74 Å². The predicted octanol–water partition coefficient (Wildman–Crippen LogP) is 3.03. The Bertz CT molecular complexity index is 690. The number of aryl methyl sites for hydroxylation is 1. The van der Waals surface area contributed by atoms with Gasteiger partial charge in [0.1, 0.15) is 23.2 Å². The van der Waals surface area contributed by atoms with Crippen LogP contribution in [0.15, 0.2) is 24.3 Å². The van der Waals surface area contributed by atoms with Gasteiger partial charge in [0, 0.05) is 24.2 Å². The van der Waals surface area contributed by atoms with Gasteiger partial charge in [0.15, 0.2) is 0 Å². The van der Waals surface area contributed by atoms with E-state index < -0.39 is 0 Å². The number of anilines is 3. The smallest absolute Gasteiger partial charge is 0.142 e. The van der Waals surface area contributed by atoms with Gasteiger partial charge in [-0.25, -0.2) is 9.97 Å². The summed E-state index contributed by atoms with van der Waals surface area (Å²) in [7, 11) is 1.62. The average Bonchev–Trinajstić information content (AvgIpc) is 2.55. The van der Waals surface area contributed by atoms with Crippen LogP contribution in [0.4, 0.5) is 17.3 Å². The third-order valence-electron chi connectivity index (χ3n) is 3.58. The molecule has 0 amide bonds. The van der Waals surface area contributed by atoms with Gasteiger partial charge in [-0.15, -0.1) is 0 Å². The van der Waals surface area contributed by atoms with E-state index in [1.54, 1.807) is 13.2 Å². The molecule has 0 bridgehead atoms. The number of halogens is 1. The van der Waals surface area contributed by atoms with E-state index in [0.29, 0.717) is 35.6 Å². The Morgan fingerprint density at radius 3 is 2.74 bits per heavy atom. The number of morpholine rings is 1. The number of rotatable bonds is 4. The number of hydrogen-bond donors (Lipinski definition) is 1. The Morgan fingerprint density at radius 1 is 1.22 bits per heavy atom. The molecular formula is C16H19ClN4O2. The Kier molecular flexibility index (Phi) is 4.83. The quantitative estimate of drug-likeness (QED) is 0.927. The lowest BCUT2D eigenvalue weighted by Crippen LogP contribution is -2.36. The molecule has 1 aliphatic heterocycles. The van der Waals surface area contributed by atoms with E-state index in [2.05, 4.69) is 20.2 Å². The number of nitrogens with one attached hydrogen (secondary N) is 1. The van der Waals surface area contributed by atoms with Gasteiger partial charge in [-0.05, 0) is 25.1 Å². The van der Waals surface area contributed by atoms with Gasteiger partial charge in [-0.1, -0.05) is 11.6 Å². The van der Waals surface area contributed by atoms with E-state index in [-0.39, 0.29) is 0 Å². The summed E-state index contributed by atoms with van der Waals surface area (Å²) in [5.74, 6) is 3.01. The molecule has 0 saturated carbocycles. The zero-order valence-electron chi connectivity index (χ0n) is 13.2. The lowest BCUT2D eigenvalue weighted by atomic mass is 10.3. The van der Waals surface area contributed by atoms with Crippen molar-refractivity contribution in [1.29, 1.82) is 0 Å². The zero-order chi connectivity index (χ0) is 16.2. The summed E-state index contributed by atoms with van der Waals surface area (Å²) in [6.07, 6.45) is 0. The molecule has 0 atom stereocenters. The second kappa shape index (κ2) is 7.02. The van der Waals surface area contributed by atoms with Gasteiger partial charge in [0.2, 0.25) is 0 Å². The first-order chi connectivity index (χ1) is 11.2. The maximum Gasteiger partial charge on any atom is 0.142 e. The molecule has 1 aromatic carbocycles. The monoisotopic (exact) mass is 334 g/mol. The third-order valence-corrected chi connectivity index (χ3v) is 3.82. The fourth-order valence-electron chi connectivity index (χ4n) is 2.49. The fourth-order valence-corrected chi connectivity index (χ4v) is 2.66. The van der Waals surface area contributed by atoms with Crippen LogP contribution in [0.2, 0.25) is 5.02 Å². The molecule has 7 heteroatoms. The summed E-state index contributed by atoms with van der Waals surface area (Å²) in [4.78, 5) is 11.2. The van der Waals surface area contributed by atoms with Crippen LogP contribution in [0.5, 0.6) is 5.75 Å². The first-order valence-corrected chi connectivity index (χ1v) is 7.82. The Balaban J connectivity index is 1.88. The van der Waals surface area contributed by atoms with Crippen molar-refractivity contribution < 1.29 is 9.47 Å². The van der Waals surface area contributed by atoms with Crippen molar-refractivity contribution in [2.75, 3.05) is 43.6 Å². The molecule has 0 radical (unpaired) electrons. The summed E-state index contributed by atoms with van der Waals surface area (Å²) in [5, 5.41) is 3.90. The highest BCUT2D eigenvalue weighted by atomic mass is 35.5. The molecule has 0 unspecified atom stereocenters. The van der Waals surface area contributed by atoms with Gasteiger partial charge in [0.05, 0.1) is 26.0 Å². The van der Waals surface area contributed by atoms with Crippen molar-refractivity contribution in [2.24, 2.45) is 0 Å². The molecule has 2 heterocycles. The van der Waals surface area contributed by atoms with Crippen LogP contribution in [0.1, 0.15) is 5.82 Å². The van der Waals surface area contributed by atoms with Crippen LogP contribution in [0.25, 0.3) is 0 Å². The standard InChI is InChI=1S/C16H19ClN4O2/c1-11-18-15(10-16(19-11)21-5-7-23-8-6-21)20-13-9-12(17)3-4-14(13)22-2/h3-4,9-10H,5-8H2,1-2H3,(H,18,19,20). The lowest BCUT2D eigenvalue weighted by Gasteiger charge is -2.28. The van der Waals surface area contributed by atoms with Gasteiger partial charge in [-0.2, -0.15) is 0 Å². The first kappa shape index (κ1) is 15.8. The summed E-state index contributed by atoms with van der Waals surface area (Å²) < 4.78 is 10.7. The van der Waals surface area contributed by atoms with Gasteiger partial charge in [-0.3, -0.25) is 0 Å². The Labute approximate surface area is 140 Å². The second-order valence-corrected chi connectivity index (χ2v) is 5.66. The van der Waals surface area contributed by atoms with E-state index in [1.807, 2.05) is 25.1 Å². The zero-order valence-corrected chi connectivity index (χ0v) is 13.9. The molecule has 1 saturated heterocycles. The van der Waals surface area contributed by atoms with E-state index in [1.165, 1.54) is 0 Å². The molecule has 1 aliphatic rings. The normalized spacial score (nSPS) is 14.7. The third kappa shape index (κ3) is 3.83. The predicted molar refractivity (Wildman–Crippen MR) is 91.1 cm³/mol. The fraction of sp³-hybridized carbons (Fsp3) is 0.375. The first-order valence-electron chi connectivity index (χ1n) is 7.44. The molecule has 1 aromatic heterocycles. The van der Waals surface area contributed by atoms with Crippen molar-refractivity contribution in [3.8, 4) is 5.75 Å². The molecule has 0 aliphatic carbocycles. The van der Waals surface area contributed by atoms with Crippen LogP contribution in [0, 0.1) is 6.92 Å². The molecule has 0 spiro atoms. The van der Waals surface area contributed by atoms with E-state index in [4.69, 9.17) is 21.1 Å². The van der Waals surface area contributed by atoms with Crippen LogP contribution >= 0.6 is 11.6 Å². The maximum absolute atomic E-state index is 6.07.